The van der Waals surface area contributed by atoms with Crippen LogP contribution in [0.1, 0.15) is 12.5 Å². The molecule has 0 saturated carbocycles. The van der Waals surface area contributed by atoms with Crippen LogP contribution in [0, 0.1) is 0 Å². The number of hydrogen-bond donors (Lipinski definition) is 1. The Balaban J connectivity index is 2.34. The molecule has 86 valence electrons. The maximum absolute atomic E-state index is 11.2. The van der Waals surface area contributed by atoms with E-state index in [1.54, 1.807) is 12.1 Å². The SMILES string of the molecule is CC(=O)OCOC(=O)Cc1ccc(O)cc1. The van der Waals surface area contributed by atoms with E-state index in [9.17, 15) is 9.59 Å². The lowest BCUT2D eigenvalue weighted by Gasteiger charge is -2.04. The molecule has 0 spiro atoms. The van der Waals surface area contributed by atoms with Gasteiger partial charge in [-0.3, -0.25) is 9.59 Å². The number of esters is 2. The van der Waals surface area contributed by atoms with Crippen LogP contribution in [-0.2, 0) is 25.5 Å². The van der Waals surface area contributed by atoms with Crippen LogP contribution < -0.4 is 0 Å². The van der Waals surface area contributed by atoms with Gasteiger partial charge in [-0.25, -0.2) is 0 Å². The zero-order valence-corrected chi connectivity index (χ0v) is 8.80. The summed E-state index contributed by atoms with van der Waals surface area (Å²) in [6.07, 6.45) is 0.0710. The zero-order chi connectivity index (χ0) is 12.0. The number of carbonyl (C=O) groups excluding carboxylic acids is 2. The minimum atomic E-state index is -0.502. The molecule has 0 fully saturated rings. The van der Waals surface area contributed by atoms with E-state index in [4.69, 9.17) is 5.11 Å². The van der Waals surface area contributed by atoms with E-state index in [0.717, 1.165) is 0 Å². The predicted octanol–water partition coefficient (Wildman–Crippen LogP) is 0.998. The first kappa shape index (κ1) is 12.0. The fourth-order valence-corrected chi connectivity index (χ4v) is 1.01. The molecule has 0 aromatic heterocycles. The maximum atomic E-state index is 11.2. The van der Waals surface area contributed by atoms with Gasteiger partial charge in [0, 0.05) is 6.92 Å². The van der Waals surface area contributed by atoms with Gasteiger partial charge in [-0.15, -0.1) is 0 Å². The third-order valence-electron chi connectivity index (χ3n) is 1.77. The van der Waals surface area contributed by atoms with Crippen molar-refractivity contribution in [1.29, 1.82) is 0 Å². The van der Waals surface area contributed by atoms with Crippen LogP contribution in [0.5, 0.6) is 5.75 Å². The summed E-state index contributed by atoms with van der Waals surface area (Å²) in [7, 11) is 0. The molecule has 1 rings (SSSR count). The smallest absolute Gasteiger partial charge is 0.313 e. The van der Waals surface area contributed by atoms with Crippen molar-refractivity contribution in [2.45, 2.75) is 13.3 Å². The van der Waals surface area contributed by atoms with Crippen molar-refractivity contribution in [3.8, 4) is 5.75 Å². The highest BCUT2D eigenvalue weighted by Crippen LogP contribution is 2.10. The molecule has 1 aromatic carbocycles. The van der Waals surface area contributed by atoms with Gasteiger partial charge in [-0.1, -0.05) is 12.1 Å². The van der Waals surface area contributed by atoms with Gasteiger partial charge in [-0.05, 0) is 17.7 Å². The lowest BCUT2D eigenvalue weighted by Crippen LogP contribution is -2.12. The Kier molecular flexibility index (Phi) is 4.32. The largest absolute Gasteiger partial charge is 0.508 e. The van der Waals surface area contributed by atoms with Gasteiger partial charge in [-0.2, -0.15) is 0 Å². The van der Waals surface area contributed by atoms with Gasteiger partial charge in [0.2, 0.25) is 6.79 Å². The third-order valence-corrected chi connectivity index (χ3v) is 1.77. The Morgan fingerprint density at radius 3 is 2.38 bits per heavy atom. The molecule has 16 heavy (non-hydrogen) atoms. The number of phenols is 1. The molecule has 1 aromatic rings. The van der Waals surface area contributed by atoms with Crippen LogP contribution in [0.15, 0.2) is 24.3 Å². The molecular weight excluding hydrogens is 212 g/mol. The van der Waals surface area contributed by atoms with Crippen molar-refractivity contribution in [2.75, 3.05) is 6.79 Å². The molecule has 0 aliphatic carbocycles. The number of ether oxygens (including phenoxy) is 2. The molecule has 0 atom stereocenters. The molecule has 0 saturated heterocycles. The summed E-state index contributed by atoms with van der Waals surface area (Å²) < 4.78 is 9.09. The monoisotopic (exact) mass is 224 g/mol. The number of rotatable bonds is 4. The van der Waals surface area contributed by atoms with Gasteiger partial charge in [0.1, 0.15) is 5.75 Å². The minimum absolute atomic E-state index is 0.0710. The summed E-state index contributed by atoms with van der Waals surface area (Å²) >= 11 is 0. The van der Waals surface area contributed by atoms with E-state index in [2.05, 4.69) is 9.47 Å². The summed E-state index contributed by atoms with van der Waals surface area (Å²) in [6, 6.07) is 6.19. The van der Waals surface area contributed by atoms with Gasteiger partial charge in [0.25, 0.3) is 0 Å². The Labute approximate surface area is 92.6 Å². The highest BCUT2D eigenvalue weighted by atomic mass is 16.7. The fourth-order valence-electron chi connectivity index (χ4n) is 1.01. The van der Waals surface area contributed by atoms with Crippen molar-refractivity contribution in [3.05, 3.63) is 29.8 Å². The van der Waals surface area contributed by atoms with E-state index in [0.29, 0.717) is 5.56 Å². The quantitative estimate of drug-likeness (QED) is 0.610. The number of benzene rings is 1. The van der Waals surface area contributed by atoms with Gasteiger partial charge >= 0.3 is 11.9 Å². The Bertz CT molecular complexity index is 368. The first-order valence-electron chi connectivity index (χ1n) is 4.65. The number of carbonyl (C=O) groups is 2. The van der Waals surface area contributed by atoms with Gasteiger partial charge in [0.15, 0.2) is 0 Å². The van der Waals surface area contributed by atoms with Crippen molar-refractivity contribution in [3.63, 3.8) is 0 Å². The molecule has 0 unspecified atom stereocenters. The van der Waals surface area contributed by atoms with E-state index in [1.807, 2.05) is 0 Å². The highest BCUT2D eigenvalue weighted by Gasteiger charge is 2.05. The van der Waals surface area contributed by atoms with E-state index < -0.39 is 11.9 Å². The molecule has 0 aliphatic heterocycles. The van der Waals surface area contributed by atoms with Crippen LogP contribution in [-0.4, -0.2) is 23.8 Å². The molecule has 5 heteroatoms. The second-order valence-corrected chi connectivity index (χ2v) is 3.11. The molecule has 1 N–H and O–H groups in total. The normalized spacial score (nSPS) is 9.56. The molecule has 0 bridgehead atoms. The Morgan fingerprint density at radius 1 is 1.19 bits per heavy atom. The van der Waals surface area contributed by atoms with E-state index in [1.165, 1.54) is 19.1 Å². The van der Waals surface area contributed by atoms with Crippen LogP contribution >= 0.6 is 0 Å². The lowest BCUT2D eigenvalue weighted by atomic mass is 10.1. The fraction of sp³-hybridized carbons (Fsp3) is 0.273. The summed E-state index contributed by atoms with van der Waals surface area (Å²) in [5.74, 6) is -0.860. The van der Waals surface area contributed by atoms with E-state index >= 15 is 0 Å². The summed E-state index contributed by atoms with van der Waals surface area (Å²) in [5.41, 5.74) is 0.714. The lowest BCUT2D eigenvalue weighted by molar-refractivity contribution is -0.165. The standard InChI is InChI=1S/C11H12O5/c1-8(12)15-7-16-11(14)6-9-2-4-10(13)5-3-9/h2-5,13H,6-7H2,1H3. The minimum Gasteiger partial charge on any atom is -0.508 e. The van der Waals surface area contributed by atoms with Crippen LogP contribution in [0.25, 0.3) is 0 Å². The summed E-state index contributed by atoms with van der Waals surface area (Å²) in [5, 5.41) is 9.02. The second-order valence-electron chi connectivity index (χ2n) is 3.11. The molecule has 0 heterocycles. The Hall–Kier alpha value is -2.04. The number of phenolic OH excluding ortho intramolecular Hbond substituents is 1. The predicted molar refractivity (Wildman–Crippen MR) is 54.5 cm³/mol. The molecule has 0 aliphatic rings. The molecule has 0 amide bonds. The van der Waals surface area contributed by atoms with Crippen LogP contribution in [0.3, 0.4) is 0 Å². The first-order valence-corrected chi connectivity index (χ1v) is 4.65. The average molecular weight is 224 g/mol. The van der Waals surface area contributed by atoms with Crippen molar-refractivity contribution in [2.24, 2.45) is 0 Å². The molecule has 5 nitrogen and oxygen atoms in total. The average Bonchev–Trinajstić information content (AvgIpc) is 2.21. The molecule has 0 radical (unpaired) electrons. The van der Waals surface area contributed by atoms with Gasteiger partial charge < -0.3 is 14.6 Å². The molecular formula is C11H12O5. The topological polar surface area (TPSA) is 72.8 Å². The first-order chi connectivity index (χ1) is 7.58. The highest BCUT2D eigenvalue weighted by molar-refractivity contribution is 5.72. The number of hydrogen-bond acceptors (Lipinski definition) is 5. The van der Waals surface area contributed by atoms with Crippen LogP contribution in [0.2, 0.25) is 0 Å². The third kappa shape index (κ3) is 4.45. The van der Waals surface area contributed by atoms with Gasteiger partial charge in [0.05, 0.1) is 6.42 Å². The number of aromatic hydroxyl groups is 1. The summed E-state index contributed by atoms with van der Waals surface area (Å²) in [6.45, 7) is 0.861. The maximum Gasteiger partial charge on any atom is 0.313 e. The van der Waals surface area contributed by atoms with Crippen LogP contribution in [0.4, 0.5) is 0 Å². The van der Waals surface area contributed by atoms with Crippen molar-refractivity contribution >= 4 is 11.9 Å². The second kappa shape index (κ2) is 5.75. The van der Waals surface area contributed by atoms with E-state index in [-0.39, 0.29) is 19.0 Å². The zero-order valence-electron chi connectivity index (χ0n) is 8.80. The van der Waals surface area contributed by atoms with Crippen molar-refractivity contribution < 1.29 is 24.2 Å². The van der Waals surface area contributed by atoms with Crippen molar-refractivity contribution in [1.82, 2.24) is 0 Å². The Morgan fingerprint density at radius 2 is 1.81 bits per heavy atom. The summed E-state index contributed by atoms with van der Waals surface area (Å²) in [4.78, 5) is 21.6.